The van der Waals surface area contributed by atoms with Gasteiger partial charge in [0, 0.05) is 0 Å². The van der Waals surface area contributed by atoms with E-state index in [1.807, 2.05) is 19.1 Å². The van der Waals surface area contributed by atoms with Crippen LogP contribution in [-0.4, -0.2) is 14.2 Å². The van der Waals surface area contributed by atoms with E-state index in [2.05, 4.69) is 31.2 Å². The van der Waals surface area contributed by atoms with Crippen LogP contribution in [0.3, 0.4) is 0 Å². The Morgan fingerprint density at radius 1 is 0.900 bits per heavy atom. The van der Waals surface area contributed by atoms with E-state index >= 15 is 0 Å². The van der Waals surface area contributed by atoms with Gasteiger partial charge < -0.3 is 9.47 Å². The molecule has 0 bridgehead atoms. The summed E-state index contributed by atoms with van der Waals surface area (Å²) in [6, 6.07) is 12.2. The SMILES string of the molecule is COc1cc(C)c(C(Cl)c2ccc(C)cc2)cc1OC. The highest BCUT2D eigenvalue weighted by atomic mass is 35.5. The molecule has 0 aromatic heterocycles. The van der Waals surface area contributed by atoms with Crippen molar-refractivity contribution in [2.24, 2.45) is 0 Å². The number of hydrogen-bond donors (Lipinski definition) is 0. The highest BCUT2D eigenvalue weighted by Gasteiger charge is 2.16. The van der Waals surface area contributed by atoms with Gasteiger partial charge in [0.1, 0.15) is 0 Å². The second-order valence-corrected chi connectivity index (χ2v) is 5.27. The highest BCUT2D eigenvalue weighted by molar-refractivity contribution is 6.22. The third-order valence-corrected chi connectivity index (χ3v) is 3.90. The van der Waals surface area contributed by atoms with Gasteiger partial charge in [0.15, 0.2) is 11.5 Å². The molecule has 0 heterocycles. The lowest BCUT2D eigenvalue weighted by atomic mass is 9.98. The molecule has 0 N–H and O–H groups in total. The molecule has 1 unspecified atom stereocenters. The lowest BCUT2D eigenvalue weighted by Gasteiger charge is -2.17. The molecule has 0 saturated heterocycles. The molecule has 0 radical (unpaired) electrons. The van der Waals surface area contributed by atoms with Gasteiger partial charge in [-0.25, -0.2) is 0 Å². The van der Waals surface area contributed by atoms with E-state index in [1.165, 1.54) is 5.56 Å². The summed E-state index contributed by atoms with van der Waals surface area (Å²) in [6.45, 7) is 4.09. The van der Waals surface area contributed by atoms with Gasteiger partial charge in [-0.15, -0.1) is 11.6 Å². The summed E-state index contributed by atoms with van der Waals surface area (Å²) < 4.78 is 10.7. The van der Waals surface area contributed by atoms with E-state index in [9.17, 15) is 0 Å². The van der Waals surface area contributed by atoms with Crippen molar-refractivity contribution in [1.29, 1.82) is 0 Å². The molecule has 1 atom stereocenters. The van der Waals surface area contributed by atoms with E-state index < -0.39 is 0 Å². The fourth-order valence-electron chi connectivity index (χ4n) is 2.18. The van der Waals surface area contributed by atoms with Gasteiger partial charge in [0.2, 0.25) is 0 Å². The second-order valence-electron chi connectivity index (χ2n) is 4.84. The van der Waals surface area contributed by atoms with Gasteiger partial charge in [0.05, 0.1) is 19.6 Å². The number of rotatable bonds is 4. The van der Waals surface area contributed by atoms with Gasteiger partial charge in [-0.2, -0.15) is 0 Å². The van der Waals surface area contributed by atoms with Gasteiger partial charge in [-0.1, -0.05) is 29.8 Å². The second kappa shape index (κ2) is 6.19. The Labute approximate surface area is 125 Å². The Morgan fingerprint density at radius 3 is 2.00 bits per heavy atom. The van der Waals surface area contributed by atoms with E-state index in [0.717, 1.165) is 22.4 Å². The standard InChI is InChI=1S/C17H19ClO2/c1-11-5-7-13(8-6-11)17(18)14-10-16(20-4)15(19-3)9-12(14)2/h5-10,17H,1-4H3. The number of aryl methyl sites for hydroxylation is 2. The van der Waals surface area contributed by atoms with E-state index in [0.29, 0.717) is 5.75 Å². The third-order valence-electron chi connectivity index (χ3n) is 3.42. The Hall–Kier alpha value is -1.67. The zero-order valence-corrected chi connectivity index (χ0v) is 13.0. The maximum atomic E-state index is 6.62. The monoisotopic (exact) mass is 290 g/mol. The number of ether oxygens (including phenoxy) is 2. The van der Waals surface area contributed by atoms with E-state index in [-0.39, 0.29) is 5.38 Å². The molecule has 0 fully saturated rings. The third kappa shape index (κ3) is 2.91. The molecule has 0 saturated carbocycles. The molecule has 2 rings (SSSR count). The normalized spacial score (nSPS) is 12.1. The topological polar surface area (TPSA) is 18.5 Å². The molecule has 2 nitrogen and oxygen atoms in total. The van der Waals surface area contributed by atoms with Crippen LogP contribution in [0.5, 0.6) is 11.5 Å². The maximum absolute atomic E-state index is 6.62. The average molecular weight is 291 g/mol. The van der Waals surface area contributed by atoms with Gasteiger partial charge in [-0.05, 0) is 42.7 Å². The number of alkyl halides is 1. The molecule has 0 spiro atoms. The van der Waals surface area contributed by atoms with Crippen LogP contribution >= 0.6 is 11.6 Å². The smallest absolute Gasteiger partial charge is 0.161 e. The molecule has 2 aromatic carbocycles. The fraction of sp³-hybridized carbons (Fsp3) is 0.294. The van der Waals surface area contributed by atoms with Gasteiger partial charge in [0.25, 0.3) is 0 Å². The molecule has 20 heavy (non-hydrogen) atoms. The van der Waals surface area contributed by atoms with Crippen molar-refractivity contribution in [2.75, 3.05) is 14.2 Å². The first-order valence-electron chi connectivity index (χ1n) is 6.50. The van der Waals surface area contributed by atoms with Crippen LogP contribution in [0.25, 0.3) is 0 Å². The lowest BCUT2D eigenvalue weighted by molar-refractivity contribution is 0.354. The first kappa shape index (κ1) is 14.7. The minimum Gasteiger partial charge on any atom is -0.493 e. The Bertz CT molecular complexity index is 591. The van der Waals surface area contributed by atoms with Crippen molar-refractivity contribution in [3.8, 4) is 11.5 Å². The largest absolute Gasteiger partial charge is 0.493 e. The molecule has 0 aliphatic rings. The Morgan fingerprint density at radius 2 is 1.45 bits per heavy atom. The number of hydrogen-bond acceptors (Lipinski definition) is 2. The number of methoxy groups -OCH3 is 2. The lowest BCUT2D eigenvalue weighted by Crippen LogP contribution is -1.99. The molecule has 0 aliphatic heterocycles. The van der Waals surface area contributed by atoms with Crippen LogP contribution in [0.15, 0.2) is 36.4 Å². The summed E-state index contributed by atoms with van der Waals surface area (Å²) >= 11 is 6.62. The Kier molecular flexibility index (Phi) is 4.56. The molecule has 0 aliphatic carbocycles. The molecule has 0 amide bonds. The molecule has 106 valence electrons. The highest BCUT2D eigenvalue weighted by Crippen LogP contribution is 2.37. The summed E-state index contributed by atoms with van der Waals surface area (Å²) in [4.78, 5) is 0. The maximum Gasteiger partial charge on any atom is 0.161 e. The van der Waals surface area contributed by atoms with Crippen LogP contribution in [0.2, 0.25) is 0 Å². The molecular weight excluding hydrogens is 272 g/mol. The number of benzene rings is 2. The van der Waals surface area contributed by atoms with E-state index in [1.54, 1.807) is 14.2 Å². The fourth-order valence-corrected chi connectivity index (χ4v) is 2.56. The van der Waals surface area contributed by atoms with Crippen molar-refractivity contribution in [3.63, 3.8) is 0 Å². The zero-order valence-electron chi connectivity index (χ0n) is 12.2. The molecular formula is C17H19ClO2. The predicted molar refractivity (Wildman–Crippen MR) is 83.2 cm³/mol. The van der Waals surface area contributed by atoms with Gasteiger partial charge in [-0.3, -0.25) is 0 Å². The quantitative estimate of drug-likeness (QED) is 0.763. The van der Waals surface area contributed by atoms with Crippen molar-refractivity contribution < 1.29 is 9.47 Å². The summed E-state index contributed by atoms with van der Waals surface area (Å²) in [5.41, 5.74) is 4.42. The van der Waals surface area contributed by atoms with Crippen LogP contribution in [0.1, 0.15) is 27.6 Å². The minimum atomic E-state index is -0.199. The zero-order chi connectivity index (χ0) is 14.7. The van der Waals surface area contributed by atoms with E-state index in [4.69, 9.17) is 21.1 Å². The predicted octanol–water partition coefficient (Wildman–Crippen LogP) is 4.65. The van der Waals surface area contributed by atoms with Crippen LogP contribution < -0.4 is 9.47 Å². The summed E-state index contributed by atoms with van der Waals surface area (Å²) in [6.07, 6.45) is 0. The van der Waals surface area contributed by atoms with Gasteiger partial charge >= 0.3 is 0 Å². The van der Waals surface area contributed by atoms with Crippen molar-refractivity contribution >= 4 is 11.6 Å². The van der Waals surface area contributed by atoms with Crippen LogP contribution in [-0.2, 0) is 0 Å². The first-order valence-corrected chi connectivity index (χ1v) is 6.93. The number of halogens is 1. The first-order chi connectivity index (χ1) is 9.56. The molecule has 3 heteroatoms. The summed E-state index contributed by atoms with van der Waals surface area (Å²) in [5.74, 6) is 1.42. The molecule has 2 aromatic rings. The van der Waals surface area contributed by atoms with Crippen molar-refractivity contribution in [3.05, 3.63) is 58.7 Å². The Balaban J connectivity index is 2.43. The summed E-state index contributed by atoms with van der Waals surface area (Å²) in [5, 5.41) is -0.199. The van der Waals surface area contributed by atoms with Crippen LogP contribution in [0, 0.1) is 13.8 Å². The van der Waals surface area contributed by atoms with Crippen molar-refractivity contribution in [2.45, 2.75) is 19.2 Å². The van der Waals surface area contributed by atoms with Crippen LogP contribution in [0.4, 0.5) is 0 Å². The van der Waals surface area contributed by atoms with Crippen molar-refractivity contribution in [1.82, 2.24) is 0 Å². The average Bonchev–Trinajstić information content (AvgIpc) is 2.47. The minimum absolute atomic E-state index is 0.199. The summed E-state index contributed by atoms with van der Waals surface area (Å²) in [7, 11) is 3.27.